The van der Waals surface area contributed by atoms with Gasteiger partial charge in [0.25, 0.3) is 0 Å². The fraction of sp³-hybridized carbons (Fsp3) is 0.500. The molecule has 0 unspecified atom stereocenters. The Balaban J connectivity index is -0.000000291. The largest absolute Gasteiger partial charge is 0.478 e. The molecule has 156 valence electrons. The third-order valence-corrected chi connectivity index (χ3v) is 2.73. The van der Waals surface area contributed by atoms with Crippen molar-refractivity contribution in [3.63, 3.8) is 0 Å². The first-order chi connectivity index (χ1) is 12.1. The molecule has 0 bridgehead atoms. The molecule has 0 aromatic heterocycles. The average molecular weight is 390 g/mol. The third kappa shape index (κ3) is 23.5. The predicted octanol–water partition coefficient (Wildman–Crippen LogP) is 1.19. The van der Waals surface area contributed by atoms with E-state index >= 15 is 0 Å². The molecule has 1 fully saturated rings. The van der Waals surface area contributed by atoms with Gasteiger partial charge in [-0.05, 0) is 40.0 Å². The van der Waals surface area contributed by atoms with E-state index in [0.29, 0.717) is 19.3 Å². The second kappa shape index (κ2) is 15.7. The zero-order chi connectivity index (χ0) is 22.3. The number of carboxylic acid groups (broad SMARTS) is 3. The van der Waals surface area contributed by atoms with Gasteiger partial charge in [0.05, 0.1) is 18.3 Å². The smallest absolute Gasteiger partial charge is 0.330 e. The van der Waals surface area contributed by atoms with E-state index in [-0.39, 0.29) is 16.7 Å². The summed E-state index contributed by atoms with van der Waals surface area (Å²) >= 11 is 0. The van der Waals surface area contributed by atoms with Crippen molar-refractivity contribution in [3.8, 4) is 0 Å². The summed E-state index contributed by atoms with van der Waals surface area (Å²) in [7, 11) is 0. The second-order valence-electron chi connectivity index (χ2n) is 5.93. The van der Waals surface area contributed by atoms with Gasteiger partial charge in [0.2, 0.25) is 0 Å². The summed E-state index contributed by atoms with van der Waals surface area (Å²) in [6, 6.07) is 0. The Labute approximate surface area is 158 Å². The van der Waals surface area contributed by atoms with E-state index in [0.717, 1.165) is 0 Å². The average Bonchev–Trinajstić information content (AvgIpc) is 2.47. The van der Waals surface area contributed by atoms with Crippen LogP contribution in [0.1, 0.15) is 40.0 Å². The van der Waals surface area contributed by atoms with Crippen LogP contribution in [0.2, 0.25) is 0 Å². The molecule has 9 nitrogen and oxygen atoms in total. The quantitative estimate of drug-likeness (QED) is 0.387. The molecular weight excluding hydrogens is 360 g/mol. The van der Waals surface area contributed by atoms with Gasteiger partial charge in [-0.25, -0.2) is 14.4 Å². The summed E-state index contributed by atoms with van der Waals surface area (Å²) < 4.78 is 0. The molecule has 0 saturated heterocycles. The van der Waals surface area contributed by atoms with Crippen molar-refractivity contribution in [2.24, 2.45) is 0 Å². The number of aliphatic carboxylic acids is 3. The molecule has 0 atom stereocenters. The highest BCUT2D eigenvalue weighted by Gasteiger charge is 2.24. The van der Waals surface area contributed by atoms with E-state index in [1.807, 2.05) is 0 Å². The number of carbonyl (C=O) groups is 3. The first-order valence-electron chi connectivity index (χ1n) is 7.82. The number of aliphatic hydroxyl groups is 3. The molecule has 1 saturated carbocycles. The number of hydrogen-bond acceptors (Lipinski definition) is 6. The van der Waals surface area contributed by atoms with Crippen molar-refractivity contribution in [1.29, 1.82) is 0 Å². The van der Waals surface area contributed by atoms with E-state index in [1.165, 1.54) is 20.8 Å². The Morgan fingerprint density at radius 2 is 0.704 bits per heavy atom. The summed E-state index contributed by atoms with van der Waals surface area (Å²) in [4.78, 5) is 28.8. The Hall–Kier alpha value is -2.49. The molecule has 0 aromatic rings. The van der Waals surface area contributed by atoms with Gasteiger partial charge in [0.15, 0.2) is 0 Å². The van der Waals surface area contributed by atoms with Crippen LogP contribution >= 0.6 is 0 Å². The number of rotatable bonds is 3. The number of carboxylic acids is 3. The lowest BCUT2D eigenvalue weighted by atomic mass is 9.93. The molecule has 6 N–H and O–H groups in total. The van der Waals surface area contributed by atoms with Crippen LogP contribution < -0.4 is 0 Å². The molecule has 1 rings (SSSR count). The minimum absolute atomic E-state index is 0.176. The molecule has 0 spiro atoms. The van der Waals surface area contributed by atoms with E-state index in [2.05, 4.69) is 19.7 Å². The van der Waals surface area contributed by atoms with Crippen LogP contribution in [0.25, 0.3) is 0 Å². The van der Waals surface area contributed by atoms with Gasteiger partial charge in [-0.1, -0.05) is 19.7 Å². The Morgan fingerprint density at radius 3 is 0.778 bits per heavy atom. The molecule has 0 amide bonds. The SMILES string of the molecule is C=C(C)C(=O)O.C=C(C)C(=O)O.C=C(C)C(=O)O.OC1CC(O)CC(O)C1. The highest BCUT2D eigenvalue weighted by atomic mass is 16.4. The molecule has 9 heteroatoms. The van der Waals surface area contributed by atoms with Crippen LogP contribution in [-0.4, -0.2) is 66.9 Å². The fourth-order valence-corrected chi connectivity index (χ4v) is 1.23. The topological polar surface area (TPSA) is 173 Å². The van der Waals surface area contributed by atoms with Gasteiger partial charge in [-0.3, -0.25) is 0 Å². The fourth-order valence-electron chi connectivity index (χ4n) is 1.23. The minimum Gasteiger partial charge on any atom is -0.478 e. The molecule has 0 heterocycles. The normalized spacial score (nSPS) is 20.0. The van der Waals surface area contributed by atoms with Crippen LogP contribution in [0.5, 0.6) is 0 Å². The summed E-state index contributed by atoms with van der Waals surface area (Å²) in [5.41, 5.74) is 0.528. The molecule has 0 aliphatic heterocycles. The molecular formula is C18H30O9. The monoisotopic (exact) mass is 390 g/mol. The summed E-state index contributed by atoms with van der Waals surface area (Å²) in [5, 5.41) is 50.5. The van der Waals surface area contributed by atoms with E-state index in [1.54, 1.807) is 0 Å². The lowest BCUT2D eigenvalue weighted by Crippen LogP contribution is -2.32. The molecule has 27 heavy (non-hydrogen) atoms. The van der Waals surface area contributed by atoms with Crippen LogP contribution in [-0.2, 0) is 14.4 Å². The highest BCUT2D eigenvalue weighted by molar-refractivity contribution is 5.85. The lowest BCUT2D eigenvalue weighted by molar-refractivity contribution is -0.133. The van der Waals surface area contributed by atoms with Crippen molar-refractivity contribution in [2.45, 2.75) is 58.3 Å². The summed E-state index contributed by atoms with van der Waals surface area (Å²) in [6.45, 7) is 13.8. The van der Waals surface area contributed by atoms with Gasteiger partial charge in [0, 0.05) is 16.7 Å². The van der Waals surface area contributed by atoms with Crippen LogP contribution in [0, 0.1) is 0 Å². The van der Waals surface area contributed by atoms with Gasteiger partial charge in [-0.2, -0.15) is 0 Å². The minimum atomic E-state index is -0.935. The Bertz CT molecular complexity index is 419. The summed E-state index contributed by atoms with van der Waals surface area (Å²) in [5.74, 6) is -2.81. The molecule has 0 radical (unpaired) electrons. The van der Waals surface area contributed by atoms with Crippen LogP contribution in [0.4, 0.5) is 0 Å². The van der Waals surface area contributed by atoms with Gasteiger partial charge >= 0.3 is 17.9 Å². The maximum absolute atomic E-state index is 9.60. The zero-order valence-electron chi connectivity index (χ0n) is 15.9. The zero-order valence-corrected chi connectivity index (χ0v) is 15.9. The van der Waals surface area contributed by atoms with E-state index < -0.39 is 36.2 Å². The second-order valence-corrected chi connectivity index (χ2v) is 5.93. The molecule has 1 aliphatic carbocycles. The van der Waals surface area contributed by atoms with E-state index in [9.17, 15) is 14.4 Å². The first-order valence-corrected chi connectivity index (χ1v) is 7.82. The van der Waals surface area contributed by atoms with Gasteiger partial charge in [0.1, 0.15) is 0 Å². The van der Waals surface area contributed by atoms with Crippen molar-refractivity contribution >= 4 is 17.9 Å². The van der Waals surface area contributed by atoms with Crippen LogP contribution in [0.3, 0.4) is 0 Å². The van der Waals surface area contributed by atoms with Crippen LogP contribution in [0.15, 0.2) is 36.5 Å². The first kappa shape index (κ1) is 29.3. The number of hydrogen-bond donors (Lipinski definition) is 6. The Kier molecular flexibility index (Phi) is 17.1. The van der Waals surface area contributed by atoms with Crippen molar-refractivity contribution in [1.82, 2.24) is 0 Å². The lowest BCUT2D eigenvalue weighted by Gasteiger charge is -2.25. The van der Waals surface area contributed by atoms with E-state index in [4.69, 9.17) is 30.6 Å². The summed E-state index contributed by atoms with van der Waals surface area (Å²) in [6.07, 6.45) is -0.290. The van der Waals surface area contributed by atoms with Crippen molar-refractivity contribution < 1.29 is 45.0 Å². The van der Waals surface area contributed by atoms with Crippen molar-refractivity contribution in [3.05, 3.63) is 36.5 Å². The Morgan fingerprint density at radius 1 is 0.593 bits per heavy atom. The number of aliphatic hydroxyl groups excluding tert-OH is 3. The van der Waals surface area contributed by atoms with Gasteiger partial charge < -0.3 is 30.6 Å². The maximum Gasteiger partial charge on any atom is 0.330 e. The highest BCUT2D eigenvalue weighted by Crippen LogP contribution is 2.18. The molecule has 1 aliphatic rings. The maximum atomic E-state index is 9.60. The van der Waals surface area contributed by atoms with Crippen molar-refractivity contribution in [2.75, 3.05) is 0 Å². The predicted molar refractivity (Wildman–Crippen MR) is 99.2 cm³/mol. The standard InChI is InChI=1S/C6H12O3.3C4H6O2/c7-4-1-5(8)3-6(9)2-4;3*1-3(2)4(5)6/h4-9H,1-3H2;3*1H2,2H3,(H,5,6). The van der Waals surface area contributed by atoms with Gasteiger partial charge in [-0.15, -0.1) is 0 Å². The molecule has 0 aromatic carbocycles. The third-order valence-electron chi connectivity index (χ3n) is 2.73.